The average Bonchev–Trinajstić information content (AvgIpc) is 3.04. The molecule has 2 heterocycles. The molecule has 7 heteroatoms. The van der Waals surface area contributed by atoms with Crippen molar-refractivity contribution in [1.82, 2.24) is 14.8 Å². The summed E-state index contributed by atoms with van der Waals surface area (Å²) in [5.41, 5.74) is 7.27. The summed E-state index contributed by atoms with van der Waals surface area (Å²) in [6, 6.07) is 10.3. The first kappa shape index (κ1) is 17.9. The van der Waals surface area contributed by atoms with Crippen LogP contribution in [-0.2, 0) is 6.54 Å². The van der Waals surface area contributed by atoms with Crippen molar-refractivity contribution < 1.29 is 4.79 Å². The summed E-state index contributed by atoms with van der Waals surface area (Å²) in [5.74, 6) is -0.00194. The largest absolute Gasteiger partial charge is 0.328 e. The summed E-state index contributed by atoms with van der Waals surface area (Å²) in [4.78, 5) is 21.4. The number of nitrogens with two attached hydrogens (primary N) is 1. The molecule has 1 amide bonds. The van der Waals surface area contributed by atoms with Gasteiger partial charge in [0.2, 0.25) is 0 Å². The highest BCUT2D eigenvalue weighted by atomic mass is 35.5. The van der Waals surface area contributed by atoms with Crippen molar-refractivity contribution in [3.63, 3.8) is 0 Å². The van der Waals surface area contributed by atoms with Crippen molar-refractivity contribution in [2.24, 2.45) is 5.73 Å². The molecule has 1 aliphatic rings. The molecule has 124 valence electrons. The van der Waals surface area contributed by atoms with Crippen molar-refractivity contribution in [2.45, 2.75) is 12.6 Å². The number of likely N-dealkylation sites (N-methyl/N-ethyl adjacent to an activating group) is 1. The second-order valence-corrected chi connectivity index (χ2v) is 6.46. The SMILES string of the molecule is CN1CCN(C(=O)c2csc(CN)n2)C(c2ccccc2)C1.Cl. The first-order valence-corrected chi connectivity index (χ1v) is 8.26. The minimum absolute atomic E-state index is 0. The number of aromatic nitrogens is 1. The Morgan fingerprint density at radius 1 is 1.35 bits per heavy atom. The lowest BCUT2D eigenvalue weighted by Crippen LogP contribution is -2.49. The average molecular weight is 353 g/mol. The second kappa shape index (κ2) is 7.88. The summed E-state index contributed by atoms with van der Waals surface area (Å²) in [7, 11) is 2.09. The van der Waals surface area contributed by atoms with Crippen molar-refractivity contribution in [3.8, 4) is 0 Å². The number of hydrogen-bond donors (Lipinski definition) is 1. The van der Waals surface area contributed by atoms with E-state index in [9.17, 15) is 4.79 Å². The van der Waals surface area contributed by atoms with Gasteiger partial charge in [0.25, 0.3) is 5.91 Å². The monoisotopic (exact) mass is 352 g/mol. The fourth-order valence-electron chi connectivity index (χ4n) is 2.77. The van der Waals surface area contributed by atoms with E-state index in [4.69, 9.17) is 5.73 Å². The highest BCUT2D eigenvalue weighted by Gasteiger charge is 2.31. The van der Waals surface area contributed by atoms with Gasteiger partial charge in [-0.2, -0.15) is 0 Å². The van der Waals surface area contributed by atoms with Crippen LogP contribution < -0.4 is 5.73 Å². The number of benzene rings is 1. The fourth-order valence-corrected chi connectivity index (χ4v) is 3.42. The summed E-state index contributed by atoms with van der Waals surface area (Å²) in [6.45, 7) is 2.81. The molecule has 1 aromatic carbocycles. The van der Waals surface area contributed by atoms with Gasteiger partial charge in [-0.05, 0) is 12.6 Å². The number of thiazole rings is 1. The van der Waals surface area contributed by atoms with Gasteiger partial charge in [0.15, 0.2) is 0 Å². The Labute approximate surface area is 146 Å². The Bertz CT molecular complexity index is 649. The number of hydrogen-bond acceptors (Lipinski definition) is 5. The maximum atomic E-state index is 12.8. The van der Waals surface area contributed by atoms with Crippen molar-refractivity contribution >= 4 is 29.7 Å². The van der Waals surface area contributed by atoms with Crippen molar-refractivity contribution in [3.05, 3.63) is 52.0 Å². The molecule has 0 bridgehead atoms. The highest BCUT2D eigenvalue weighted by molar-refractivity contribution is 7.09. The number of carbonyl (C=O) groups excluding carboxylic acids is 1. The van der Waals surface area contributed by atoms with E-state index < -0.39 is 0 Å². The van der Waals surface area contributed by atoms with Crippen molar-refractivity contribution in [2.75, 3.05) is 26.7 Å². The van der Waals surface area contributed by atoms with Gasteiger partial charge in [0, 0.05) is 31.6 Å². The van der Waals surface area contributed by atoms with Gasteiger partial charge in [-0.1, -0.05) is 30.3 Å². The van der Waals surface area contributed by atoms with Crippen LogP contribution >= 0.6 is 23.7 Å². The van der Waals surface area contributed by atoms with E-state index in [1.165, 1.54) is 11.3 Å². The van der Waals surface area contributed by atoms with Crippen LogP contribution in [0.25, 0.3) is 0 Å². The molecule has 2 aromatic rings. The Kier molecular flexibility index (Phi) is 6.12. The third-order valence-electron chi connectivity index (χ3n) is 3.97. The smallest absolute Gasteiger partial charge is 0.273 e. The van der Waals surface area contributed by atoms with E-state index in [1.54, 1.807) is 0 Å². The van der Waals surface area contributed by atoms with Gasteiger partial charge in [-0.15, -0.1) is 23.7 Å². The standard InChI is InChI=1S/C16H20N4OS.ClH/c1-19-7-8-20(14(10-19)12-5-3-2-4-6-12)16(21)13-11-22-15(9-17)18-13;/h2-6,11,14H,7-10,17H2,1H3;1H. The zero-order valence-corrected chi connectivity index (χ0v) is 14.6. The lowest BCUT2D eigenvalue weighted by molar-refractivity contribution is 0.0493. The number of carbonyl (C=O) groups is 1. The van der Waals surface area contributed by atoms with Crippen LogP contribution in [0.15, 0.2) is 35.7 Å². The topological polar surface area (TPSA) is 62.5 Å². The molecule has 1 unspecified atom stereocenters. The third kappa shape index (κ3) is 3.90. The molecular weight excluding hydrogens is 332 g/mol. The van der Waals surface area contributed by atoms with Crippen LogP contribution in [0.2, 0.25) is 0 Å². The van der Waals surface area contributed by atoms with Gasteiger partial charge >= 0.3 is 0 Å². The normalized spacial score (nSPS) is 18.5. The van der Waals surface area contributed by atoms with E-state index in [0.29, 0.717) is 18.8 Å². The predicted octanol–water partition coefficient (Wildman–Crippen LogP) is 2.15. The molecule has 0 spiro atoms. The fraction of sp³-hybridized carbons (Fsp3) is 0.375. The van der Waals surface area contributed by atoms with Crippen LogP contribution in [-0.4, -0.2) is 47.4 Å². The molecule has 23 heavy (non-hydrogen) atoms. The summed E-state index contributed by atoms with van der Waals surface area (Å²) in [6.07, 6.45) is 0. The number of nitrogens with zero attached hydrogens (tertiary/aromatic N) is 3. The Morgan fingerprint density at radius 2 is 2.09 bits per heavy atom. The molecule has 1 aliphatic heterocycles. The summed E-state index contributed by atoms with van der Waals surface area (Å²) in [5, 5.41) is 2.61. The molecule has 5 nitrogen and oxygen atoms in total. The Hall–Kier alpha value is -1.47. The molecule has 1 aromatic heterocycles. The molecule has 1 atom stereocenters. The van der Waals surface area contributed by atoms with Crippen LogP contribution in [0, 0.1) is 0 Å². The number of rotatable bonds is 3. The zero-order chi connectivity index (χ0) is 15.5. The van der Waals surface area contributed by atoms with Gasteiger partial charge < -0.3 is 15.5 Å². The Morgan fingerprint density at radius 3 is 2.74 bits per heavy atom. The van der Waals surface area contributed by atoms with Crippen LogP contribution in [0.4, 0.5) is 0 Å². The predicted molar refractivity (Wildman–Crippen MR) is 95.0 cm³/mol. The van der Waals surface area contributed by atoms with Gasteiger partial charge in [-0.25, -0.2) is 4.98 Å². The lowest BCUT2D eigenvalue weighted by Gasteiger charge is -2.40. The Balaban J connectivity index is 0.00000192. The first-order chi connectivity index (χ1) is 10.7. The third-order valence-corrected chi connectivity index (χ3v) is 4.85. The summed E-state index contributed by atoms with van der Waals surface area (Å²) >= 11 is 1.45. The highest BCUT2D eigenvalue weighted by Crippen LogP contribution is 2.26. The van der Waals surface area contributed by atoms with E-state index >= 15 is 0 Å². The van der Waals surface area contributed by atoms with Crippen LogP contribution in [0.3, 0.4) is 0 Å². The van der Waals surface area contributed by atoms with Crippen molar-refractivity contribution in [1.29, 1.82) is 0 Å². The quantitative estimate of drug-likeness (QED) is 0.919. The zero-order valence-electron chi connectivity index (χ0n) is 13.0. The molecule has 2 N–H and O–H groups in total. The van der Waals surface area contributed by atoms with Crippen LogP contribution in [0.5, 0.6) is 0 Å². The molecule has 1 fully saturated rings. The molecule has 0 radical (unpaired) electrons. The van der Waals surface area contributed by atoms with E-state index in [-0.39, 0.29) is 24.4 Å². The van der Waals surface area contributed by atoms with Gasteiger partial charge in [-0.3, -0.25) is 4.79 Å². The van der Waals surface area contributed by atoms with E-state index in [2.05, 4.69) is 29.1 Å². The molecular formula is C16H21ClN4OS. The lowest BCUT2D eigenvalue weighted by atomic mass is 10.0. The second-order valence-electron chi connectivity index (χ2n) is 5.52. The van der Waals surface area contributed by atoms with Crippen LogP contribution in [0.1, 0.15) is 27.1 Å². The number of halogens is 1. The summed E-state index contributed by atoms with van der Waals surface area (Å²) < 4.78 is 0. The van der Waals surface area contributed by atoms with Gasteiger partial charge in [0.05, 0.1) is 6.04 Å². The molecule has 0 aliphatic carbocycles. The number of amides is 1. The maximum absolute atomic E-state index is 12.8. The first-order valence-electron chi connectivity index (χ1n) is 7.38. The maximum Gasteiger partial charge on any atom is 0.273 e. The molecule has 0 saturated carbocycles. The molecule has 1 saturated heterocycles. The minimum Gasteiger partial charge on any atom is -0.328 e. The van der Waals surface area contributed by atoms with E-state index in [1.807, 2.05) is 28.5 Å². The molecule has 3 rings (SSSR count). The van der Waals surface area contributed by atoms with E-state index in [0.717, 1.165) is 23.7 Å². The minimum atomic E-state index is -0.00194. The number of piperazine rings is 1. The van der Waals surface area contributed by atoms with Gasteiger partial charge in [0.1, 0.15) is 10.7 Å².